The van der Waals surface area contributed by atoms with E-state index in [0.29, 0.717) is 37.4 Å². The highest BCUT2D eigenvalue weighted by molar-refractivity contribution is 5.76. The van der Waals surface area contributed by atoms with Crippen LogP contribution >= 0.6 is 0 Å². The van der Waals surface area contributed by atoms with E-state index in [4.69, 9.17) is 9.47 Å². The number of carbonyl (C=O) groups excluding carboxylic acids is 1. The SMILES string of the molecule is COc1ccc(CCC(=O)N(CCO)Cc2ccccc2)cc1OC. The molecule has 0 aliphatic rings. The molecule has 0 saturated carbocycles. The summed E-state index contributed by atoms with van der Waals surface area (Å²) >= 11 is 0. The fraction of sp³-hybridized carbons (Fsp3) is 0.350. The van der Waals surface area contributed by atoms with Crippen molar-refractivity contribution >= 4 is 5.91 Å². The molecule has 5 heteroatoms. The number of carbonyl (C=O) groups is 1. The average molecular weight is 343 g/mol. The van der Waals surface area contributed by atoms with Crippen molar-refractivity contribution in [3.05, 3.63) is 59.7 Å². The number of aliphatic hydroxyl groups is 1. The molecule has 2 rings (SSSR count). The first-order valence-electron chi connectivity index (χ1n) is 8.31. The Kier molecular flexibility index (Phi) is 7.29. The Labute approximate surface area is 148 Å². The molecule has 0 saturated heterocycles. The van der Waals surface area contributed by atoms with Gasteiger partial charge in [-0.25, -0.2) is 0 Å². The van der Waals surface area contributed by atoms with Gasteiger partial charge in [0, 0.05) is 19.5 Å². The fourth-order valence-corrected chi connectivity index (χ4v) is 2.66. The van der Waals surface area contributed by atoms with E-state index in [1.165, 1.54) is 0 Å². The zero-order chi connectivity index (χ0) is 18.1. The molecule has 0 spiro atoms. The van der Waals surface area contributed by atoms with Crippen LogP contribution in [0.2, 0.25) is 0 Å². The Morgan fingerprint density at radius 2 is 1.72 bits per heavy atom. The summed E-state index contributed by atoms with van der Waals surface area (Å²) in [6, 6.07) is 15.5. The van der Waals surface area contributed by atoms with Crippen molar-refractivity contribution in [3.63, 3.8) is 0 Å². The number of rotatable bonds is 9. The lowest BCUT2D eigenvalue weighted by Gasteiger charge is -2.22. The van der Waals surface area contributed by atoms with E-state index in [-0.39, 0.29) is 12.5 Å². The Hall–Kier alpha value is -2.53. The number of hydrogen-bond acceptors (Lipinski definition) is 4. The van der Waals surface area contributed by atoms with E-state index in [2.05, 4.69) is 0 Å². The van der Waals surface area contributed by atoms with Crippen molar-refractivity contribution in [2.75, 3.05) is 27.4 Å². The molecule has 2 aromatic rings. The molecule has 5 nitrogen and oxygen atoms in total. The number of nitrogens with zero attached hydrogens (tertiary/aromatic N) is 1. The van der Waals surface area contributed by atoms with Crippen LogP contribution in [0.4, 0.5) is 0 Å². The van der Waals surface area contributed by atoms with Crippen molar-refractivity contribution in [2.24, 2.45) is 0 Å². The van der Waals surface area contributed by atoms with Gasteiger partial charge in [-0.3, -0.25) is 4.79 Å². The van der Waals surface area contributed by atoms with Crippen LogP contribution in [-0.2, 0) is 17.8 Å². The predicted octanol–water partition coefficient (Wildman–Crippen LogP) is 2.66. The zero-order valence-electron chi connectivity index (χ0n) is 14.8. The number of benzene rings is 2. The molecule has 0 unspecified atom stereocenters. The number of aliphatic hydroxyl groups excluding tert-OH is 1. The van der Waals surface area contributed by atoms with Crippen LogP contribution in [0.15, 0.2) is 48.5 Å². The van der Waals surface area contributed by atoms with E-state index >= 15 is 0 Å². The van der Waals surface area contributed by atoms with Crippen LogP contribution in [0.1, 0.15) is 17.5 Å². The molecule has 0 aromatic heterocycles. The summed E-state index contributed by atoms with van der Waals surface area (Å²) < 4.78 is 10.5. The third-order valence-electron chi connectivity index (χ3n) is 4.01. The number of ether oxygens (including phenoxy) is 2. The van der Waals surface area contributed by atoms with Crippen molar-refractivity contribution in [2.45, 2.75) is 19.4 Å². The highest BCUT2D eigenvalue weighted by atomic mass is 16.5. The molecule has 134 valence electrons. The average Bonchev–Trinajstić information content (AvgIpc) is 2.66. The maximum Gasteiger partial charge on any atom is 0.223 e. The Morgan fingerprint density at radius 3 is 2.36 bits per heavy atom. The van der Waals surface area contributed by atoms with Crippen molar-refractivity contribution in [1.29, 1.82) is 0 Å². The standard InChI is InChI=1S/C20H25NO4/c1-24-18-10-8-16(14-19(18)25-2)9-11-20(23)21(12-13-22)15-17-6-4-3-5-7-17/h3-8,10,14,22H,9,11-13,15H2,1-2H3. The van der Waals surface area contributed by atoms with E-state index in [1.54, 1.807) is 19.1 Å². The number of methoxy groups -OCH3 is 2. The summed E-state index contributed by atoms with van der Waals surface area (Å²) in [4.78, 5) is 14.2. The molecule has 0 heterocycles. The van der Waals surface area contributed by atoms with Gasteiger partial charge >= 0.3 is 0 Å². The van der Waals surface area contributed by atoms with Gasteiger partial charge in [-0.15, -0.1) is 0 Å². The van der Waals surface area contributed by atoms with Crippen LogP contribution in [-0.4, -0.2) is 43.3 Å². The molecule has 1 amide bonds. The van der Waals surface area contributed by atoms with Gasteiger partial charge in [0.25, 0.3) is 0 Å². The lowest BCUT2D eigenvalue weighted by atomic mass is 10.1. The maximum atomic E-state index is 12.5. The highest BCUT2D eigenvalue weighted by Crippen LogP contribution is 2.28. The van der Waals surface area contributed by atoms with Crippen molar-refractivity contribution in [1.82, 2.24) is 4.90 Å². The van der Waals surface area contributed by atoms with Crippen LogP contribution in [0.3, 0.4) is 0 Å². The zero-order valence-corrected chi connectivity index (χ0v) is 14.8. The van der Waals surface area contributed by atoms with Crippen LogP contribution in [0, 0.1) is 0 Å². The number of aryl methyl sites for hydroxylation is 1. The molecular formula is C20H25NO4. The minimum atomic E-state index is -0.0467. The van der Waals surface area contributed by atoms with Gasteiger partial charge in [-0.2, -0.15) is 0 Å². The van der Waals surface area contributed by atoms with E-state index < -0.39 is 0 Å². The second-order valence-corrected chi connectivity index (χ2v) is 5.71. The molecule has 0 bridgehead atoms. The van der Waals surface area contributed by atoms with Gasteiger partial charge in [0.2, 0.25) is 5.91 Å². The first-order valence-corrected chi connectivity index (χ1v) is 8.31. The van der Waals surface area contributed by atoms with Crippen LogP contribution < -0.4 is 9.47 Å². The topological polar surface area (TPSA) is 59.0 Å². The van der Waals surface area contributed by atoms with Gasteiger partial charge in [0.1, 0.15) is 0 Å². The first-order chi connectivity index (χ1) is 12.2. The fourth-order valence-electron chi connectivity index (χ4n) is 2.66. The molecule has 1 N–H and O–H groups in total. The second-order valence-electron chi connectivity index (χ2n) is 5.71. The van der Waals surface area contributed by atoms with E-state index in [1.807, 2.05) is 48.5 Å². The summed E-state index contributed by atoms with van der Waals surface area (Å²) in [5, 5.41) is 9.25. The molecule has 0 aliphatic heterocycles. The van der Waals surface area contributed by atoms with Gasteiger partial charge in [-0.1, -0.05) is 36.4 Å². The van der Waals surface area contributed by atoms with Crippen LogP contribution in [0.5, 0.6) is 11.5 Å². The highest BCUT2D eigenvalue weighted by Gasteiger charge is 2.14. The molecule has 0 radical (unpaired) electrons. The Bertz CT molecular complexity index is 673. The van der Waals surface area contributed by atoms with Crippen LogP contribution in [0.25, 0.3) is 0 Å². The molecule has 0 aliphatic carbocycles. The van der Waals surface area contributed by atoms with Gasteiger partial charge < -0.3 is 19.5 Å². The number of hydrogen-bond donors (Lipinski definition) is 1. The third kappa shape index (κ3) is 5.50. The maximum absolute atomic E-state index is 12.5. The molecule has 0 atom stereocenters. The number of amides is 1. The van der Waals surface area contributed by atoms with Crippen molar-refractivity contribution in [3.8, 4) is 11.5 Å². The lowest BCUT2D eigenvalue weighted by Crippen LogP contribution is -2.33. The summed E-state index contributed by atoms with van der Waals surface area (Å²) in [7, 11) is 3.19. The summed E-state index contributed by atoms with van der Waals surface area (Å²) in [6.07, 6.45) is 0.984. The Morgan fingerprint density at radius 1 is 1.00 bits per heavy atom. The smallest absolute Gasteiger partial charge is 0.223 e. The Balaban J connectivity index is 1.98. The minimum absolute atomic E-state index is 0.0210. The summed E-state index contributed by atoms with van der Waals surface area (Å²) in [5.41, 5.74) is 2.06. The van der Waals surface area contributed by atoms with Crippen molar-refractivity contribution < 1.29 is 19.4 Å². The molecule has 2 aromatic carbocycles. The van der Waals surface area contributed by atoms with Gasteiger partial charge in [0.15, 0.2) is 11.5 Å². The predicted molar refractivity (Wildman–Crippen MR) is 96.8 cm³/mol. The summed E-state index contributed by atoms with van der Waals surface area (Å²) in [6.45, 7) is 0.792. The molecule has 25 heavy (non-hydrogen) atoms. The quantitative estimate of drug-likeness (QED) is 0.760. The monoisotopic (exact) mass is 343 g/mol. The van der Waals surface area contributed by atoms with E-state index in [9.17, 15) is 9.90 Å². The normalized spacial score (nSPS) is 10.4. The second kappa shape index (κ2) is 9.69. The largest absolute Gasteiger partial charge is 0.493 e. The molecule has 0 fully saturated rings. The van der Waals surface area contributed by atoms with E-state index in [0.717, 1.165) is 11.1 Å². The summed E-state index contributed by atoms with van der Waals surface area (Å²) in [5.74, 6) is 1.35. The van der Waals surface area contributed by atoms with Gasteiger partial charge in [-0.05, 0) is 29.7 Å². The molecular weight excluding hydrogens is 318 g/mol. The first kappa shape index (κ1) is 18.8. The minimum Gasteiger partial charge on any atom is -0.493 e. The lowest BCUT2D eigenvalue weighted by molar-refractivity contribution is -0.132. The third-order valence-corrected chi connectivity index (χ3v) is 4.01. The van der Waals surface area contributed by atoms with Gasteiger partial charge in [0.05, 0.1) is 20.8 Å².